The van der Waals surface area contributed by atoms with Gasteiger partial charge >= 0.3 is 0 Å². The predicted molar refractivity (Wildman–Crippen MR) is 50.4 cm³/mol. The molecule has 0 bridgehead atoms. The second-order valence-electron chi connectivity index (χ2n) is 3.41. The molecule has 0 aromatic carbocycles. The van der Waals surface area contributed by atoms with Crippen LogP contribution in [0.4, 0.5) is 0 Å². The van der Waals surface area contributed by atoms with Gasteiger partial charge in [-0.25, -0.2) is 0 Å². The first-order chi connectivity index (χ1) is 6.27. The van der Waals surface area contributed by atoms with E-state index >= 15 is 0 Å². The highest BCUT2D eigenvalue weighted by atomic mass is 35.5. The number of nitrogens with zero attached hydrogens (tertiary/aromatic N) is 2. The highest BCUT2D eigenvalue weighted by Crippen LogP contribution is 2.42. The normalized spacial score (nSPS) is 18.8. The fourth-order valence-electron chi connectivity index (χ4n) is 1.62. The Labute approximate surface area is 82.2 Å². The summed E-state index contributed by atoms with van der Waals surface area (Å²) in [5.74, 6) is 0. The van der Waals surface area contributed by atoms with E-state index in [1.165, 1.54) is 0 Å². The Morgan fingerprint density at radius 2 is 2.31 bits per heavy atom. The summed E-state index contributed by atoms with van der Waals surface area (Å²) >= 11 is 5.84. The minimum atomic E-state index is -0.342. The lowest BCUT2D eigenvalue weighted by Gasteiger charge is -2.34. The van der Waals surface area contributed by atoms with Crippen LogP contribution in [0.25, 0.3) is 0 Å². The average Bonchev–Trinajstić information content (AvgIpc) is 2.03. The van der Waals surface area contributed by atoms with Gasteiger partial charge in [-0.1, -0.05) is 11.6 Å². The Kier molecular flexibility index (Phi) is 1.97. The number of aromatic nitrogens is 1. The minimum absolute atomic E-state index is 0.342. The van der Waals surface area contributed by atoms with Crippen molar-refractivity contribution in [3.05, 3.63) is 29.0 Å². The molecule has 0 spiro atoms. The van der Waals surface area contributed by atoms with Crippen molar-refractivity contribution in [2.45, 2.75) is 24.7 Å². The molecular weight excluding hydrogens is 184 g/mol. The molecule has 13 heavy (non-hydrogen) atoms. The maximum atomic E-state index is 9.05. The molecule has 0 amide bonds. The van der Waals surface area contributed by atoms with Crippen molar-refractivity contribution < 1.29 is 0 Å². The van der Waals surface area contributed by atoms with Crippen LogP contribution in [0.15, 0.2) is 18.3 Å². The Balaban J connectivity index is 2.40. The predicted octanol–water partition coefficient (Wildman–Crippen LogP) is 2.68. The van der Waals surface area contributed by atoms with Gasteiger partial charge in [-0.15, -0.1) is 0 Å². The molecule has 66 valence electrons. The van der Waals surface area contributed by atoms with Crippen LogP contribution in [0.3, 0.4) is 0 Å². The molecule has 1 aromatic heterocycles. The lowest BCUT2D eigenvalue weighted by atomic mass is 9.67. The van der Waals surface area contributed by atoms with Gasteiger partial charge in [0.1, 0.15) is 0 Å². The number of halogens is 1. The van der Waals surface area contributed by atoms with Crippen molar-refractivity contribution in [1.82, 2.24) is 4.98 Å². The molecule has 0 radical (unpaired) electrons. The summed E-state index contributed by atoms with van der Waals surface area (Å²) in [4.78, 5) is 4.20. The van der Waals surface area contributed by atoms with Crippen molar-refractivity contribution in [2.75, 3.05) is 0 Å². The van der Waals surface area contributed by atoms with Gasteiger partial charge in [0.05, 0.1) is 17.2 Å². The number of hydrogen-bond donors (Lipinski definition) is 0. The van der Waals surface area contributed by atoms with E-state index in [1.54, 1.807) is 18.3 Å². The van der Waals surface area contributed by atoms with E-state index in [9.17, 15) is 0 Å². The van der Waals surface area contributed by atoms with Crippen LogP contribution in [-0.4, -0.2) is 4.98 Å². The van der Waals surface area contributed by atoms with E-state index in [0.717, 1.165) is 25.0 Å². The molecule has 1 aliphatic rings. The summed E-state index contributed by atoms with van der Waals surface area (Å²) < 4.78 is 0. The quantitative estimate of drug-likeness (QED) is 0.686. The Morgan fingerprint density at radius 3 is 2.77 bits per heavy atom. The minimum Gasteiger partial charge on any atom is -0.260 e. The van der Waals surface area contributed by atoms with E-state index < -0.39 is 0 Å². The van der Waals surface area contributed by atoms with Gasteiger partial charge in [0.25, 0.3) is 0 Å². The maximum absolute atomic E-state index is 9.05. The van der Waals surface area contributed by atoms with Crippen LogP contribution >= 0.6 is 11.6 Å². The topological polar surface area (TPSA) is 36.7 Å². The summed E-state index contributed by atoms with van der Waals surface area (Å²) in [6.45, 7) is 0. The first kappa shape index (κ1) is 8.52. The molecule has 3 heteroatoms. The standard InChI is InChI=1S/C10H9ClN2/c11-8-2-5-13-9(6-8)10(7-12)3-1-4-10/h2,5-6H,1,3-4H2. The van der Waals surface area contributed by atoms with Gasteiger partial charge in [-0.2, -0.15) is 5.26 Å². The zero-order valence-corrected chi connectivity index (χ0v) is 7.88. The van der Waals surface area contributed by atoms with Crippen molar-refractivity contribution in [3.8, 4) is 6.07 Å². The molecule has 1 aromatic rings. The van der Waals surface area contributed by atoms with Crippen LogP contribution in [-0.2, 0) is 5.41 Å². The Bertz CT molecular complexity index is 363. The number of rotatable bonds is 1. The molecule has 2 nitrogen and oxygen atoms in total. The molecule has 2 rings (SSSR count). The molecule has 1 saturated carbocycles. The van der Waals surface area contributed by atoms with Gasteiger partial charge in [-0.3, -0.25) is 4.98 Å². The highest BCUT2D eigenvalue weighted by Gasteiger charge is 2.40. The SMILES string of the molecule is N#CC1(c2cc(Cl)ccn2)CCC1. The monoisotopic (exact) mass is 192 g/mol. The summed E-state index contributed by atoms with van der Waals surface area (Å²) in [6, 6.07) is 5.86. The lowest BCUT2D eigenvalue weighted by molar-refractivity contribution is 0.316. The largest absolute Gasteiger partial charge is 0.260 e. The average molecular weight is 193 g/mol. The molecule has 1 aliphatic carbocycles. The lowest BCUT2D eigenvalue weighted by Crippen LogP contribution is -2.33. The number of pyridine rings is 1. The Hall–Kier alpha value is -1.07. The van der Waals surface area contributed by atoms with Gasteiger partial charge in [0.15, 0.2) is 0 Å². The Morgan fingerprint density at radius 1 is 1.54 bits per heavy atom. The fraction of sp³-hybridized carbons (Fsp3) is 0.400. The third-order valence-corrected chi connectivity index (χ3v) is 2.87. The van der Waals surface area contributed by atoms with E-state index in [-0.39, 0.29) is 5.41 Å². The first-order valence-corrected chi connectivity index (χ1v) is 4.68. The van der Waals surface area contributed by atoms with E-state index in [0.29, 0.717) is 5.02 Å². The molecule has 0 unspecified atom stereocenters. The second-order valence-corrected chi connectivity index (χ2v) is 3.84. The summed E-state index contributed by atoms with van der Waals surface area (Å²) in [5, 5.41) is 9.71. The zero-order valence-electron chi connectivity index (χ0n) is 7.13. The van der Waals surface area contributed by atoms with Gasteiger partial charge < -0.3 is 0 Å². The van der Waals surface area contributed by atoms with Crippen LogP contribution in [0.1, 0.15) is 25.0 Å². The van der Waals surface area contributed by atoms with E-state index in [2.05, 4.69) is 11.1 Å². The highest BCUT2D eigenvalue weighted by molar-refractivity contribution is 6.30. The van der Waals surface area contributed by atoms with Gasteiger partial charge in [-0.05, 0) is 31.4 Å². The molecule has 1 fully saturated rings. The van der Waals surface area contributed by atoms with Gasteiger partial charge in [0, 0.05) is 11.2 Å². The van der Waals surface area contributed by atoms with E-state index in [1.807, 2.05) is 0 Å². The molecular formula is C10H9ClN2. The molecule has 1 heterocycles. The smallest absolute Gasteiger partial charge is 0.0993 e. The fourth-order valence-corrected chi connectivity index (χ4v) is 1.78. The van der Waals surface area contributed by atoms with Crippen molar-refractivity contribution >= 4 is 11.6 Å². The van der Waals surface area contributed by atoms with Crippen molar-refractivity contribution in [2.24, 2.45) is 0 Å². The van der Waals surface area contributed by atoms with Crippen LogP contribution in [0.2, 0.25) is 5.02 Å². The maximum Gasteiger partial charge on any atom is 0.0993 e. The summed E-state index contributed by atoms with van der Waals surface area (Å²) in [6.07, 6.45) is 4.60. The van der Waals surface area contributed by atoms with Crippen molar-refractivity contribution in [3.63, 3.8) is 0 Å². The number of nitriles is 1. The van der Waals surface area contributed by atoms with E-state index in [4.69, 9.17) is 16.9 Å². The first-order valence-electron chi connectivity index (χ1n) is 4.30. The molecule has 0 atom stereocenters. The molecule has 0 saturated heterocycles. The van der Waals surface area contributed by atoms with Crippen molar-refractivity contribution in [1.29, 1.82) is 5.26 Å². The number of hydrogen-bond acceptors (Lipinski definition) is 2. The summed E-state index contributed by atoms with van der Waals surface area (Å²) in [5.41, 5.74) is 0.485. The third kappa shape index (κ3) is 1.30. The second kappa shape index (κ2) is 3.01. The third-order valence-electron chi connectivity index (χ3n) is 2.63. The van der Waals surface area contributed by atoms with Gasteiger partial charge in [0.2, 0.25) is 0 Å². The van der Waals surface area contributed by atoms with Crippen LogP contribution < -0.4 is 0 Å². The zero-order chi connectivity index (χ0) is 9.31. The van der Waals surface area contributed by atoms with Crippen LogP contribution in [0, 0.1) is 11.3 Å². The summed E-state index contributed by atoms with van der Waals surface area (Å²) in [7, 11) is 0. The molecule has 0 aliphatic heterocycles. The van der Waals surface area contributed by atoms with Crippen LogP contribution in [0.5, 0.6) is 0 Å². The molecule has 0 N–H and O–H groups in total.